The summed E-state index contributed by atoms with van der Waals surface area (Å²) < 4.78 is 0. The quantitative estimate of drug-likeness (QED) is 0.344. The molecule has 1 fully saturated rings. The van der Waals surface area contributed by atoms with E-state index in [0.717, 1.165) is 13.1 Å². The van der Waals surface area contributed by atoms with Gasteiger partial charge in [0.1, 0.15) is 0 Å². The van der Waals surface area contributed by atoms with Gasteiger partial charge in [0.25, 0.3) is 0 Å². The number of guanidine groups is 1. The number of nitrogens with zero attached hydrogens (tertiary/aromatic N) is 2. The lowest BCUT2D eigenvalue weighted by Gasteiger charge is -2.31. The minimum Gasteiger partial charge on any atom is -0.368 e. The van der Waals surface area contributed by atoms with Crippen molar-refractivity contribution in [3.63, 3.8) is 0 Å². The van der Waals surface area contributed by atoms with Gasteiger partial charge in [-0.2, -0.15) is 0 Å². The van der Waals surface area contributed by atoms with Crippen molar-refractivity contribution < 1.29 is 5.21 Å². The molecule has 14 heavy (non-hydrogen) atoms. The molecule has 0 spiro atoms. The molecule has 82 valence electrons. The lowest BCUT2D eigenvalue weighted by Crippen LogP contribution is -2.40. The fraction of sp³-hybridized carbons (Fsp3) is 0.889. The third-order valence-corrected chi connectivity index (χ3v) is 2.65. The van der Waals surface area contributed by atoms with Gasteiger partial charge in [0.05, 0.1) is 6.54 Å². The first-order valence-corrected chi connectivity index (χ1v) is 5.18. The minimum atomic E-state index is 0.0915. The molecule has 0 bridgehead atoms. The fourth-order valence-electron chi connectivity index (χ4n) is 1.74. The summed E-state index contributed by atoms with van der Waals surface area (Å²) in [6, 6.07) is 0.405. The van der Waals surface area contributed by atoms with Crippen molar-refractivity contribution in [1.29, 1.82) is 0 Å². The normalized spacial score (nSPS) is 22.0. The first-order chi connectivity index (χ1) is 6.74. The summed E-state index contributed by atoms with van der Waals surface area (Å²) in [7, 11) is 0. The van der Waals surface area contributed by atoms with Crippen LogP contribution in [0.25, 0.3) is 0 Å². The molecule has 1 saturated heterocycles. The molecule has 1 unspecified atom stereocenters. The zero-order valence-electron chi connectivity index (χ0n) is 8.74. The highest BCUT2D eigenvalue weighted by molar-refractivity contribution is 5.76. The van der Waals surface area contributed by atoms with Crippen molar-refractivity contribution in [1.82, 2.24) is 10.4 Å². The number of likely N-dealkylation sites (tertiary alicyclic amines) is 1. The Morgan fingerprint density at radius 2 is 2.14 bits per heavy atom. The molecular weight excluding hydrogens is 180 g/mol. The van der Waals surface area contributed by atoms with E-state index in [9.17, 15) is 0 Å². The SMILES string of the molecule is CC(CN=C(N)NO)N1CCCCC1. The number of aliphatic imine (C=N–C) groups is 1. The molecule has 1 aliphatic heterocycles. The standard InChI is InChI=1S/C9H20N4O/c1-8(7-11-9(10)12-14)13-5-3-2-4-6-13/h8,14H,2-7H2,1H3,(H3,10,11,12). The number of piperidine rings is 1. The Hall–Kier alpha value is -0.810. The Labute approximate surface area is 84.9 Å². The molecule has 0 aromatic heterocycles. The predicted molar refractivity (Wildman–Crippen MR) is 56.3 cm³/mol. The van der Waals surface area contributed by atoms with E-state index < -0.39 is 0 Å². The van der Waals surface area contributed by atoms with Crippen LogP contribution in [0, 0.1) is 0 Å². The first kappa shape index (κ1) is 11.3. The number of hydrogen-bond acceptors (Lipinski definition) is 3. The van der Waals surface area contributed by atoms with E-state index in [4.69, 9.17) is 10.9 Å². The Bertz CT molecular complexity index is 189. The number of nitrogens with one attached hydrogen (secondary N) is 1. The van der Waals surface area contributed by atoms with Crippen molar-refractivity contribution in [2.45, 2.75) is 32.2 Å². The number of hydroxylamine groups is 1. The first-order valence-electron chi connectivity index (χ1n) is 5.18. The highest BCUT2D eigenvalue weighted by Gasteiger charge is 2.15. The molecule has 5 heteroatoms. The van der Waals surface area contributed by atoms with Gasteiger partial charge in [-0.25, -0.2) is 5.48 Å². The van der Waals surface area contributed by atoms with E-state index in [0.29, 0.717) is 12.6 Å². The van der Waals surface area contributed by atoms with Gasteiger partial charge in [0.15, 0.2) is 0 Å². The largest absolute Gasteiger partial charge is 0.368 e. The summed E-state index contributed by atoms with van der Waals surface area (Å²) in [5.41, 5.74) is 7.15. The van der Waals surface area contributed by atoms with Crippen LogP contribution in [0.1, 0.15) is 26.2 Å². The Morgan fingerprint density at radius 1 is 1.50 bits per heavy atom. The smallest absolute Gasteiger partial charge is 0.212 e. The maximum absolute atomic E-state index is 8.44. The van der Waals surface area contributed by atoms with Crippen LogP contribution >= 0.6 is 0 Å². The summed E-state index contributed by atoms with van der Waals surface area (Å²) in [6.07, 6.45) is 3.90. The molecule has 0 aliphatic carbocycles. The van der Waals surface area contributed by atoms with Crippen LogP contribution in [0.2, 0.25) is 0 Å². The molecule has 1 rings (SSSR count). The van der Waals surface area contributed by atoms with Crippen LogP contribution < -0.4 is 11.2 Å². The fourth-order valence-corrected chi connectivity index (χ4v) is 1.74. The van der Waals surface area contributed by atoms with Gasteiger partial charge in [-0.05, 0) is 32.9 Å². The molecule has 0 aromatic carbocycles. The average molecular weight is 200 g/mol. The van der Waals surface area contributed by atoms with Crippen molar-refractivity contribution in [2.75, 3.05) is 19.6 Å². The van der Waals surface area contributed by atoms with Crippen LogP contribution in [0.4, 0.5) is 0 Å². The maximum Gasteiger partial charge on any atom is 0.212 e. The van der Waals surface area contributed by atoms with Crippen LogP contribution in [0.15, 0.2) is 4.99 Å². The Morgan fingerprint density at radius 3 is 2.71 bits per heavy atom. The van der Waals surface area contributed by atoms with E-state index in [-0.39, 0.29) is 5.96 Å². The number of hydrogen-bond donors (Lipinski definition) is 3. The summed E-state index contributed by atoms with van der Waals surface area (Å²) in [4.78, 5) is 6.42. The van der Waals surface area contributed by atoms with Crippen molar-refractivity contribution in [2.24, 2.45) is 10.7 Å². The van der Waals surface area contributed by atoms with E-state index in [1.54, 1.807) is 0 Å². The average Bonchev–Trinajstić information content (AvgIpc) is 2.26. The second-order valence-corrected chi connectivity index (χ2v) is 3.78. The maximum atomic E-state index is 8.44. The van der Waals surface area contributed by atoms with Gasteiger partial charge >= 0.3 is 0 Å². The highest BCUT2D eigenvalue weighted by Crippen LogP contribution is 2.11. The Kier molecular flexibility index (Phi) is 4.69. The number of rotatable bonds is 3. The summed E-state index contributed by atoms with van der Waals surface area (Å²) in [5, 5.41) is 8.44. The van der Waals surface area contributed by atoms with E-state index in [1.807, 2.05) is 5.48 Å². The molecule has 0 aromatic rings. The molecule has 0 saturated carbocycles. The van der Waals surface area contributed by atoms with Crippen LogP contribution in [-0.4, -0.2) is 41.7 Å². The molecule has 1 aliphatic rings. The van der Waals surface area contributed by atoms with Gasteiger partial charge < -0.3 is 5.73 Å². The van der Waals surface area contributed by atoms with Gasteiger partial charge in [-0.1, -0.05) is 6.42 Å². The number of nitrogens with two attached hydrogens (primary N) is 1. The molecule has 0 amide bonds. The van der Waals surface area contributed by atoms with Gasteiger partial charge in [0.2, 0.25) is 5.96 Å². The second kappa shape index (κ2) is 5.82. The van der Waals surface area contributed by atoms with E-state index in [2.05, 4.69) is 16.8 Å². The van der Waals surface area contributed by atoms with Gasteiger partial charge in [0, 0.05) is 6.04 Å². The summed E-state index contributed by atoms with van der Waals surface area (Å²) in [6.45, 7) is 5.09. The molecule has 5 nitrogen and oxygen atoms in total. The molecule has 0 radical (unpaired) electrons. The van der Waals surface area contributed by atoms with E-state index in [1.165, 1.54) is 19.3 Å². The lowest BCUT2D eigenvalue weighted by molar-refractivity contribution is 0.177. The lowest BCUT2D eigenvalue weighted by atomic mass is 10.1. The highest BCUT2D eigenvalue weighted by atomic mass is 16.5. The predicted octanol–water partition coefficient (Wildman–Crippen LogP) is 0.154. The van der Waals surface area contributed by atoms with Crippen LogP contribution in [-0.2, 0) is 0 Å². The van der Waals surface area contributed by atoms with Crippen molar-refractivity contribution in [3.05, 3.63) is 0 Å². The van der Waals surface area contributed by atoms with Crippen LogP contribution in [0.5, 0.6) is 0 Å². The van der Waals surface area contributed by atoms with Crippen LogP contribution in [0.3, 0.4) is 0 Å². The van der Waals surface area contributed by atoms with Gasteiger partial charge in [-0.15, -0.1) is 0 Å². The molecule has 4 N–H and O–H groups in total. The molecule has 1 heterocycles. The third kappa shape index (κ3) is 3.51. The third-order valence-electron chi connectivity index (χ3n) is 2.65. The van der Waals surface area contributed by atoms with E-state index >= 15 is 0 Å². The molecular formula is C9H20N4O. The molecule has 1 atom stereocenters. The minimum absolute atomic E-state index is 0.0915. The van der Waals surface area contributed by atoms with Gasteiger partial charge in [-0.3, -0.25) is 15.1 Å². The topological polar surface area (TPSA) is 73.9 Å². The Balaban J connectivity index is 2.29. The summed E-state index contributed by atoms with van der Waals surface area (Å²) >= 11 is 0. The zero-order chi connectivity index (χ0) is 10.4. The second-order valence-electron chi connectivity index (χ2n) is 3.78. The monoisotopic (exact) mass is 200 g/mol. The van der Waals surface area contributed by atoms with Crippen molar-refractivity contribution in [3.8, 4) is 0 Å². The van der Waals surface area contributed by atoms with Crippen molar-refractivity contribution >= 4 is 5.96 Å². The summed E-state index contributed by atoms with van der Waals surface area (Å²) in [5.74, 6) is 0.0915. The zero-order valence-corrected chi connectivity index (χ0v) is 8.74.